The minimum Gasteiger partial charge on any atom is -0.456 e. The lowest BCUT2D eigenvalue weighted by atomic mass is 9.95. The zero-order valence-electron chi connectivity index (χ0n) is 21.6. The summed E-state index contributed by atoms with van der Waals surface area (Å²) in [6.45, 7) is 17.9. The number of nitrogens with zero attached hydrogens (tertiary/aromatic N) is 2. The molecule has 3 aromatic carbocycles. The van der Waals surface area contributed by atoms with Gasteiger partial charge in [-0.3, -0.25) is 0 Å². The van der Waals surface area contributed by atoms with Gasteiger partial charge in [0.1, 0.15) is 18.2 Å². The van der Waals surface area contributed by atoms with Crippen LogP contribution in [0.5, 0.6) is 0 Å². The van der Waals surface area contributed by atoms with Gasteiger partial charge in [-0.15, -0.1) is 0 Å². The van der Waals surface area contributed by atoms with E-state index in [1.54, 1.807) is 0 Å². The zero-order valence-corrected chi connectivity index (χ0v) is 20.6. The number of rotatable bonds is 3. The van der Waals surface area contributed by atoms with Crippen molar-refractivity contribution in [3.8, 4) is 22.4 Å². The van der Waals surface area contributed by atoms with Gasteiger partial charge in [-0.05, 0) is 36.4 Å². The largest absolute Gasteiger partial charge is 0.456 e. The average molecular weight is 447 g/mol. The predicted molar refractivity (Wildman–Crippen MR) is 140 cm³/mol. The molecule has 0 unspecified atom stereocenters. The van der Waals surface area contributed by atoms with Crippen LogP contribution >= 0.6 is 0 Å². The van der Waals surface area contributed by atoms with Gasteiger partial charge in [-0.25, -0.2) is 4.85 Å². The first-order valence-corrected chi connectivity index (χ1v) is 11.5. The molecule has 0 aliphatic carbocycles. The van der Waals surface area contributed by atoms with Crippen molar-refractivity contribution < 1.29 is 10.4 Å². The van der Waals surface area contributed by atoms with Gasteiger partial charge in [0.25, 0.3) is 0 Å². The maximum Gasteiger partial charge on any atom is 0.216 e. The van der Waals surface area contributed by atoms with E-state index >= 15 is 0 Å². The lowest BCUT2D eigenvalue weighted by molar-refractivity contribution is -0.666. The molecule has 34 heavy (non-hydrogen) atoms. The molecule has 0 N–H and O–H groups in total. The number of furan rings is 1. The van der Waals surface area contributed by atoms with Gasteiger partial charge in [-0.2, -0.15) is 4.57 Å². The van der Waals surface area contributed by atoms with E-state index in [4.69, 9.17) is 12.4 Å². The van der Waals surface area contributed by atoms with Crippen LogP contribution in [-0.4, -0.2) is 0 Å². The van der Waals surface area contributed by atoms with Gasteiger partial charge >= 0.3 is 0 Å². The average Bonchev–Trinajstić information content (AvgIpc) is 3.19. The Balaban J connectivity index is 1.90. The summed E-state index contributed by atoms with van der Waals surface area (Å²) in [5, 5.41) is 2.03. The number of hydrogen-bond acceptors (Lipinski definition) is 1. The Hall–Kier alpha value is -3.90. The predicted octanol–water partition coefficient (Wildman–Crippen LogP) is 8.34. The SMILES string of the molecule is [2H]C(C)(C)c1cc(C)[n+](C)c(-c2c(C)ccc3c2oc2c(-c4ccc(C)cc4)c([N+]#[C-])ccc23)c1. The summed E-state index contributed by atoms with van der Waals surface area (Å²) in [6, 6.07) is 20.6. The third kappa shape index (κ3) is 3.38. The van der Waals surface area contributed by atoms with Gasteiger partial charge in [0.2, 0.25) is 5.69 Å². The normalized spacial score (nSPS) is 12.2. The molecule has 2 aromatic heterocycles. The Bertz CT molecular complexity index is 1660. The molecule has 0 radical (unpaired) electrons. The van der Waals surface area contributed by atoms with E-state index in [1.807, 2.05) is 26.0 Å². The first kappa shape index (κ1) is 20.7. The maximum absolute atomic E-state index is 8.63. The highest BCUT2D eigenvalue weighted by molar-refractivity contribution is 6.15. The molecule has 0 spiro atoms. The molecule has 0 amide bonds. The Morgan fingerprint density at radius 2 is 1.53 bits per heavy atom. The van der Waals surface area contributed by atoms with Crippen molar-refractivity contribution in [3.05, 3.63) is 94.5 Å². The van der Waals surface area contributed by atoms with E-state index in [-0.39, 0.29) is 0 Å². The highest BCUT2D eigenvalue weighted by Crippen LogP contribution is 2.44. The monoisotopic (exact) mass is 446 g/mol. The van der Waals surface area contributed by atoms with Crippen molar-refractivity contribution >= 4 is 27.6 Å². The summed E-state index contributed by atoms with van der Waals surface area (Å²) in [6.07, 6.45) is 0. The molecule has 2 heterocycles. The third-order valence-electron chi connectivity index (χ3n) is 6.84. The number of hydrogen-bond donors (Lipinski definition) is 0. The van der Waals surface area contributed by atoms with Crippen molar-refractivity contribution in [1.82, 2.24) is 0 Å². The minimum atomic E-state index is -0.716. The van der Waals surface area contributed by atoms with E-state index in [1.165, 1.54) is 5.56 Å². The quantitative estimate of drug-likeness (QED) is 0.202. The first-order valence-electron chi connectivity index (χ1n) is 12.0. The molecule has 5 rings (SSSR count). The summed E-state index contributed by atoms with van der Waals surface area (Å²) >= 11 is 0. The van der Waals surface area contributed by atoms with Crippen LogP contribution in [0.3, 0.4) is 0 Å². The van der Waals surface area contributed by atoms with Crippen LogP contribution in [-0.2, 0) is 7.05 Å². The van der Waals surface area contributed by atoms with Crippen LogP contribution in [0.2, 0.25) is 0 Å². The molecule has 168 valence electrons. The minimum absolute atomic E-state index is 0.582. The molecule has 0 atom stereocenters. The van der Waals surface area contributed by atoms with Gasteiger partial charge < -0.3 is 4.42 Å². The fraction of sp³-hybridized carbons (Fsp3) is 0.226. The smallest absolute Gasteiger partial charge is 0.216 e. The van der Waals surface area contributed by atoms with Crippen LogP contribution < -0.4 is 4.57 Å². The van der Waals surface area contributed by atoms with Crippen LogP contribution in [0.4, 0.5) is 5.69 Å². The molecule has 0 aliphatic heterocycles. The summed E-state index contributed by atoms with van der Waals surface area (Å²) < 4.78 is 17.5. The van der Waals surface area contributed by atoms with Crippen molar-refractivity contribution in [3.63, 3.8) is 0 Å². The standard InChI is InChI=1S/C31H29N2O/c1-18(2)23-16-21(5)33(7)27(17-23)28-20(4)10-13-24-25-14-15-26(32-6)29(31(25)34-30(24)28)22-11-8-19(3)9-12-22/h8-18H,1-5,7H3/q+1/i18D. The lowest BCUT2D eigenvalue weighted by Crippen LogP contribution is -2.35. The van der Waals surface area contributed by atoms with E-state index in [2.05, 4.69) is 85.8 Å². The molecule has 0 fully saturated rings. The second kappa shape index (κ2) is 8.15. The van der Waals surface area contributed by atoms with Crippen LogP contribution in [0, 0.1) is 27.3 Å². The van der Waals surface area contributed by atoms with Crippen molar-refractivity contribution in [2.75, 3.05) is 0 Å². The second-order valence-electron chi connectivity index (χ2n) is 9.38. The van der Waals surface area contributed by atoms with Crippen molar-refractivity contribution in [2.45, 2.75) is 40.5 Å². The van der Waals surface area contributed by atoms with E-state index in [9.17, 15) is 0 Å². The summed E-state index contributed by atoms with van der Waals surface area (Å²) in [4.78, 5) is 3.82. The fourth-order valence-corrected chi connectivity index (χ4v) is 4.73. The third-order valence-corrected chi connectivity index (χ3v) is 6.84. The summed E-state index contributed by atoms with van der Waals surface area (Å²) in [5.41, 5.74) is 10.3. The topological polar surface area (TPSA) is 21.4 Å². The van der Waals surface area contributed by atoms with Crippen LogP contribution in [0.1, 0.15) is 43.5 Å². The highest BCUT2D eigenvalue weighted by atomic mass is 16.3. The lowest BCUT2D eigenvalue weighted by Gasteiger charge is -2.11. The molecule has 5 aromatic rings. The van der Waals surface area contributed by atoms with Gasteiger partial charge in [-0.1, -0.05) is 67.9 Å². The molecule has 3 nitrogen and oxygen atoms in total. The van der Waals surface area contributed by atoms with Crippen LogP contribution in [0.15, 0.2) is 65.1 Å². The molecule has 0 bridgehead atoms. The number of aryl methyl sites for hydroxylation is 3. The fourth-order valence-electron chi connectivity index (χ4n) is 4.73. The number of benzene rings is 3. The Kier molecular flexibility index (Phi) is 4.96. The number of fused-ring (bicyclic) bond motifs is 3. The van der Waals surface area contributed by atoms with E-state index in [0.29, 0.717) is 5.69 Å². The number of pyridine rings is 1. The summed E-state index contributed by atoms with van der Waals surface area (Å²) in [7, 11) is 2.06. The van der Waals surface area contributed by atoms with Gasteiger partial charge in [0, 0.05) is 36.8 Å². The zero-order chi connectivity index (χ0) is 25.1. The highest BCUT2D eigenvalue weighted by Gasteiger charge is 2.24. The molecule has 0 saturated heterocycles. The summed E-state index contributed by atoms with van der Waals surface area (Å²) in [5.74, 6) is -0.716. The molecular formula is C31H29N2O+. The Morgan fingerprint density at radius 1 is 0.882 bits per heavy atom. The molecular weight excluding hydrogens is 416 g/mol. The first-order chi connectivity index (χ1) is 16.6. The molecule has 3 heteroatoms. The molecule has 0 aliphatic rings. The van der Waals surface area contributed by atoms with E-state index < -0.39 is 5.89 Å². The Labute approximate surface area is 202 Å². The van der Waals surface area contributed by atoms with Crippen molar-refractivity contribution in [2.24, 2.45) is 7.05 Å². The van der Waals surface area contributed by atoms with Gasteiger partial charge in [0.15, 0.2) is 11.4 Å². The Morgan fingerprint density at radius 3 is 2.18 bits per heavy atom. The van der Waals surface area contributed by atoms with E-state index in [0.717, 1.165) is 61.1 Å². The maximum atomic E-state index is 8.63. The van der Waals surface area contributed by atoms with Crippen LogP contribution in [0.25, 0.3) is 49.2 Å². The number of aromatic nitrogens is 1. The van der Waals surface area contributed by atoms with Crippen molar-refractivity contribution in [1.29, 1.82) is 0 Å². The molecule has 0 saturated carbocycles. The van der Waals surface area contributed by atoms with Gasteiger partial charge in [0.05, 0.1) is 12.1 Å². The second-order valence-corrected chi connectivity index (χ2v) is 9.38.